The number of nitrogens with zero attached hydrogens (tertiary/aromatic N) is 2. The van der Waals surface area contributed by atoms with Crippen molar-refractivity contribution in [1.82, 2.24) is 10.2 Å². The number of nitrogens with one attached hydrogen (secondary N) is 1. The van der Waals surface area contributed by atoms with Crippen LogP contribution in [-0.2, 0) is 6.54 Å². The first-order chi connectivity index (χ1) is 9.70. The van der Waals surface area contributed by atoms with Crippen LogP contribution in [0.1, 0.15) is 25.3 Å². The van der Waals surface area contributed by atoms with E-state index in [1.165, 1.54) is 12.8 Å². The van der Waals surface area contributed by atoms with Gasteiger partial charge in [0.1, 0.15) is 0 Å². The Hall–Kier alpha value is -1.46. The molecule has 0 aromatic heterocycles. The molecule has 20 heavy (non-hydrogen) atoms. The fourth-order valence-corrected chi connectivity index (χ4v) is 2.81. The van der Waals surface area contributed by atoms with Crippen molar-refractivity contribution in [2.45, 2.75) is 26.3 Å². The summed E-state index contributed by atoms with van der Waals surface area (Å²) in [6.07, 6.45) is 2.48. The summed E-state index contributed by atoms with van der Waals surface area (Å²) >= 11 is 0. The number of hydrogen-bond acceptors (Lipinski definition) is 4. The predicted molar refractivity (Wildman–Crippen MR) is 79.6 cm³/mol. The van der Waals surface area contributed by atoms with Crippen molar-refractivity contribution in [3.63, 3.8) is 0 Å². The highest BCUT2D eigenvalue weighted by Crippen LogP contribution is 2.21. The summed E-state index contributed by atoms with van der Waals surface area (Å²) in [7, 11) is 0. The van der Waals surface area contributed by atoms with Crippen molar-refractivity contribution in [2.24, 2.45) is 5.92 Å². The van der Waals surface area contributed by atoms with Gasteiger partial charge in [-0.1, -0.05) is 25.1 Å². The molecule has 5 nitrogen and oxygen atoms in total. The Morgan fingerprint density at radius 1 is 1.45 bits per heavy atom. The van der Waals surface area contributed by atoms with Gasteiger partial charge in [0.05, 0.1) is 4.92 Å². The van der Waals surface area contributed by atoms with Crippen LogP contribution >= 0.6 is 0 Å². The standard InChI is InChI=1S/C15H23N3O2/c1-2-17(11-13-6-5-9-16-10-13)12-14-7-3-4-8-15(14)18(19)20/h3-4,7-8,13,16H,2,5-6,9-12H2,1H3. The van der Waals surface area contributed by atoms with Crippen molar-refractivity contribution in [3.8, 4) is 0 Å². The first-order valence-electron chi connectivity index (χ1n) is 7.36. The van der Waals surface area contributed by atoms with Gasteiger partial charge in [0.2, 0.25) is 0 Å². The smallest absolute Gasteiger partial charge is 0.273 e. The van der Waals surface area contributed by atoms with Gasteiger partial charge in [-0.3, -0.25) is 15.0 Å². The van der Waals surface area contributed by atoms with Crippen LogP contribution in [0.3, 0.4) is 0 Å². The fraction of sp³-hybridized carbons (Fsp3) is 0.600. The molecular formula is C15H23N3O2. The molecule has 1 aliphatic heterocycles. The molecule has 2 rings (SSSR count). The Labute approximate surface area is 120 Å². The monoisotopic (exact) mass is 277 g/mol. The second-order valence-corrected chi connectivity index (χ2v) is 5.43. The van der Waals surface area contributed by atoms with E-state index in [-0.39, 0.29) is 10.6 Å². The minimum Gasteiger partial charge on any atom is -0.316 e. The van der Waals surface area contributed by atoms with E-state index >= 15 is 0 Å². The van der Waals surface area contributed by atoms with E-state index in [4.69, 9.17) is 0 Å². The van der Waals surface area contributed by atoms with E-state index in [1.807, 2.05) is 12.1 Å². The van der Waals surface area contributed by atoms with Gasteiger partial charge in [-0.2, -0.15) is 0 Å². The first kappa shape index (κ1) is 14.9. The molecule has 0 bridgehead atoms. The summed E-state index contributed by atoms with van der Waals surface area (Å²) in [5.74, 6) is 0.659. The van der Waals surface area contributed by atoms with Crippen LogP contribution in [0.4, 0.5) is 5.69 Å². The number of nitro groups is 1. The maximum absolute atomic E-state index is 11.1. The predicted octanol–water partition coefficient (Wildman–Crippen LogP) is 2.42. The third-order valence-corrected chi connectivity index (χ3v) is 3.94. The molecule has 0 aliphatic carbocycles. The van der Waals surface area contributed by atoms with E-state index in [2.05, 4.69) is 17.1 Å². The van der Waals surface area contributed by atoms with Crippen LogP contribution in [0.2, 0.25) is 0 Å². The average molecular weight is 277 g/mol. The number of piperidine rings is 1. The van der Waals surface area contributed by atoms with Crippen molar-refractivity contribution in [2.75, 3.05) is 26.2 Å². The topological polar surface area (TPSA) is 58.4 Å². The molecule has 0 saturated carbocycles. The molecule has 5 heteroatoms. The Morgan fingerprint density at radius 2 is 2.25 bits per heavy atom. The zero-order valence-corrected chi connectivity index (χ0v) is 12.0. The lowest BCUT2D eigenvalue weighted by Gasteiger charge is -2.29. The fourth-order valence-electron chi connectivity index (χ4n) is 2.81. The molecule has 1 aromatic rings. The number of benzene rings is 1. The second kappa shape index (κ2) is 7.36. The summed E-state index contributed by atoms with van der Waals surface area (Å²) < 4.78 is 0. The molecule has 0 amide bonds. The van der Waals surface area contributed by atoms with Crippen LogP contribution < -0.4 is 5.32 Å². The highest BCUT2D eigenvalue weighted by Gasteiger charge is 2.19. The molecule has 1 heterocycles. The van der Waals surface area contributed by atoms with E-state index in [0.717, 1.165) is 31.7 Å². The Balaban J connectivity index is 2.00. The van der Waals surface area contributed by atoms with E-state index < -0.39 is 0 Å². The van der Waals surface area contributed by atoms with Gasteiger partial charge >= 0.3 is 0 Å². The van der Waals surface area contributed by atoms with Crippen LogP contribution in [0.25, 0.3) is 0 Å². The molecule has 1 unspecified atom stereocenters. The summed E-state index contributed by atoms with van der Waals surface area (Å²) in [6.45, 7) is 6.88. The minimum atomic E-state index is -0.286. The zero-order chi connectivity index (χ0) is 14.4. The minimum absolute atomic E-state index is 0.229. The van der Waals surface area contributed by atoms with E-state index in [9.17, 15) is 10.1 Å². The molecule has 1 atom stereocenters. The summed E-state index contributed by atoms with van der Waals surface area (Å²) in [5.41, 5.74) is 1.04. The SMILES string of the molecule is CCN(Cc1ccccc1[N+](=O)[O-])CC1CCCNC1. The lowest BCUT2D eigenvalue weighted by atomic mass is 9.99. The molecule has 0 spiro atoms. The van der Waals surface area contributed by atoms with Gasteiger partial charge in [0.15, 0.2) is 0 Å². The third kappa shape index (κ3) is 4.02. The summed E-state index contributed by atoms with van der Waals surface area (Å²) in [6, 6.07) is 7.05. The van der Waals surface area contributed by atoms with Crippen molar-refractivity contribution >= 4 is 5.69 Å². The van der Waals surface area contributed by atoms with Gasteiger partial charge in [-0.05, 0) is 38.4 Å². The Morgan fingerprint density at radius 3 is 2.90 bits per heavy atom. The van der Waals surface area contributed by atoms with Gasteiger partial charge in [0.25, 0.3) is 5.69 Å². The quantitative estimate of drug-likeness (QED) is 0.641. The Kier molecular flexibility index (Phi) is 5.49. The molecule has 1 aromatic carbocycles. The summed E-state index contributed by atoms with van der Waals surface area (Å²) in [5, 5.41) is 14.5. The van der Waals surface area contributed by atoms with Gasteiger partial charge in [-0.15, -0.1) is 0 Å². The molecule has 0 radical (unpaired) electrons. The molecule has 1 aliphatic rings. The number of hydrogen-bond donors (Lipinski definition) is 1. The summed E-state index contributed by atoms with van der Waals surface area (Å²) in [4.78, 5) is 13.1. The normalized spacial score (nSPS) is 19.2. The highest BCUT2D eigenvalue weighted by atomic mass is 16.6. The largest absolute Gasteiger partial charge is 0.316 e. The molecule has 1 fully saturated rings. The maximum atomic E-state index is 11.1. The molecule has 1 saturated heterocycles. The van der Waals surface area contributed by atoms with Gasteiger partial charge < -0.3 is 5.32 Å². The van der Waals surface area contributed by atoms with Crippen molar-refractivity contribution in [1.29, 1.82) is 0 Å². The Bertz CT molecular complexity index is 444. The lowest BCUT2D eigenvalue weighted by molar-refractivity contribution is -0.385. The molecule has 110 valence electrons. The number of rotatable bonds is 6. The van der Waals surface area contributed by atoms with Crippen LogP contribution in [0.15, 0.2) is 24.3 Å². The molecular weight excluding hydrogens is 254 g/mol. The molecule has 1 N–H and O–H groups in total. The maximum Gasteiger partial charge on any atom is 0.273 e. The zero-order valence-electron chi connectivity index (χ0n) is 12.0. The highest BCUT2D eigenvalue weighted by molar-refractivity contribution is 5.39. The van der Waals surface area contributed by atoms with Crippen LogP contribution in [-0.4, -0.2) is 36.0 Å². The van der Waals surface area contributed by atoms with Gasteiger partial charge in [-0.25, -0.2) is 0 Å². The second-order valence-electron chi connectivity index (χ2n) is 5.43. The average Bonchev–Trinajstić information content (AvgIpc) is 2.48. The lowest BCUT2D eigenvalue weighted by Crippen LogP contribution is -2.38. The van der Waals surface area contributed by atoms with E-state index in [0.29, 0.717) is 12.5 Å². The van der Waals surface area contributed by atoms with E-state index in [1.54, 1.807) is 12.1 Å². The van der Waals surface area contributed by atoms with Crippen molar-refractivity contribution in [3.05, 3.63) is 39.9 Å². The third-order valence-electron chi connectivity index (χ3n) is 3.94. The van der Waals surface area contributed by atoms with Crippen LogP contribution in [0.5, 0.6) is 0 Å². The van der Waals surface area contributed by atoms with Gasteiger partial charge in [0, 0.05) is 24.7 Å². The van der Waals surface area contributed by atoms with Crippen LogP contribution in [0, 0.1) is 16.0 Å². The van der Waals surface area contributed by atoms with Crippen molar-refractivity contribution < 1.29 is 4.92 Å². The number of nitro benzene ring substituents is 1. The first-order valence-corrected chi connectivity index (χ1v) is 7.36. The number of para-hydroxylation sites is 1.